The van der Waals surface area contributed by atoms with Crippen LogP contribution in [0.2, 0.25) is 0 Å². The topological polar surface area (TPSA) is 43.4 Å². The first-order valence-electron chi connectivity index (χ1n) is 5.50. The summed E-state index contributed by atoms with van der Waals surface area (Å²) in [7, 11) is 0. The summed E-state index contributed by atoms with van der Waals surface area (Å²) in [5.41, 5.74) is -0.574. The summed E-state index contributed by atoms with van der Waals surface area (Å²) in [4.78, 5) is 23.4. The molecule has 0 aromatic rings. The van der Waals surface area contributed by atoms with Gasteiger partial charge in [0.05, 0.1) is 12.0 Å². The van der Waals surface area contributed by atoms with Gasteiger partial charge in [0.15, 0.2) is 0 Å². The molecular weight excluding hydrogens is 192 g/mol. The van der Waals surface area contributed by atoms with Gasteiger partial charge in [-0.2, -0.15) is 0 Å². The predicted molar refractivity (Wildman–Crippen MR) is 55.2 cm³/mol. The molecule has 0 unspecified atom stereocenters. The second-order valence-electron chi connectivity index (χ2n) is 4.49. The number of allylic oxidation sites excluding steroid dienone is 1. The van der Waals surface area contributed by atoms with E-state index in [9.17, 15) is 9.59 Å². The van der Waals surface area contributed by atoms with Gasteiger partial charge in [0.25, 0.3) is 0 Å². The highest BCUT2D eigenvalue weighted by molar-refractivity contribution is 5.89. The highest BCUT2D eigenvalue weighted by atomic mass is 16.5. The summed E-state index contributed by atoms with van der Waals surface area (Å²) in [5, 5.41) is 0. The number of esters is 1. The minimum atomic E-state index is -0.574. The van der Waals surface area contributed by atoms with Crippen LogP contribution in [0, 0.1) is 11.3 Å². The zero-order chi connectivity index (χ0) is 10.9. The van der Waals surface area contributed by atoms with Gasteiger partial charge < -0.3 is 4.74 Å². The number of ether oxygens (including phenoxy) is 1. The Morgan fingerprint density at radius 2 is 2.27 bits per heavy atom. The average molecular weight is 208 g/mol. The Kier molecular flexibility index (Phi) is 2.63. The lowest BCUT2D eigenvalue weighted by Gasteiger charge is -2.42. The molecule has 2 atom stereocenters. The molecule has 1 aliphatic heterocycles. The van der Waals surface area contributed by atoms with Crippen molar-refractivity contribution in [2.24, 2.45) is 11.3 Å². The van der Waals surface area contributed by atoms with Gasteiger partial charge >= 0.3 is 5.97 Å². The van der Waals surface area contributed by atoms with Gasteiger partial charge in [-0.05, 0) is 25.2 Å². The molecular formula is C12H16O3. The van der Waals surface area contributed by atoms with Gasteiger partial charge in [0.2, 0.25) is 0 Å². The lowest BCUT2D eigenvalue weighted by molar-refractivity contribution is -0.170. The van der Waals surface area contributed by atoms with E-state index in [1.54, 1.807) is 0 Å². The summed E-state index contributed by atoms with van der Waals surface area (Å²) >= 11 is 0. The number of hydrogen-bond acceptors (Lipinski definition) is 3. The first-order chi connectivity index (χ1) is 7.19. The van der Waals surface area contributed by atoms with E-state index in [1.165, 1.54) is 0 Å². The molecule has 0 aromatic carbocycles. The van der Waals surface area contributed by atoms with Crippen LogP contribution >= 0.6 is 0 Å². The number of ketones is 1. The third-order valence-corrected chi connectivity index (χ3v) is 3.65. The van der Waals surface area contributed by atoms with Crippen LogP contribution in [0.5, 0.6) is 0 Å². The van der Waals surface area contributed by atoms with Crippen molar-refractivity contribution in [2.75, 3.05) is 6.61 Å². The molecule has 2 fully saturated rings. The van der Waals surface area contributed by atoms with Crippen molar-refractivity contribution < 1.29 is 14.3 Å². The number of Topliss-reactive ketones (excluding diaryl/α,β-unsaturated/α-hetero) is 1. The standard InChI is InChI=1S/C12H16O3/c1-2-9-5-7-15-11(14)12(9)6-3-4-10(13)8-12/h2,9H,1,3-8H2/t9-,12-/m0/s1. The lowest BCUT2D eigenvalue weighted by atomic mass is 9.63. The monoisotopic (exact) mass is 208 g/mol. The van der Waals surface area contributed by atoms with Crippen molar-refractivity contribution in [2.45, 2.75) is 32.1 Å². The minimum absolute atomic E-state index is 0.114. The molecule has 2 rings (SSSR count). The molecule has 1 aliphatic carbocycles. The number of cyclic esters (lactones) is 1. The van der Waals surface area contributed by atoms with Crippen molar-refractivity contribution in [1.82, 2.24) is 0 Å². The van der Waals surface area contributed by atoms with Crippen molar-refractivity contribution >= 4 is 11.8 Å². The predicted octanol–water partition coefficient (Wildman–Crippen LogP) is 1.86. The average Bonchev–Trinajstić information content (AvgIpc) is 2.22. The highest BCUT2D eigenvalue weighted by Gasteiger charge is 2.50. The maximum atomic E-state index is 11.9. The van der Waals surface area contributed by atoms with Gasteiger partial charge in [-0.15, -0.1) is 6.58 Å². The Balaban J connectivity index is 2.30. The van der Waals surface area contributed by atoms with E-state index in [4.69, 9.17) is 4.74 Å². The third-order valence-electron chi connectivity index (χ3n) is 3.65. The van der Waals surface area contributed by atoms with Crippen molar-refractivity contribution in [1.29, 1.82) is 0 Å². The van der Waals surface area contributed by atoms with E-state index in [1.807, 2.05) is 6.08 Å². The Hall–Kier alpha value is -1.12. The van der Waals surface area contributed by atoms with Crippen LogP contribution in [0.3, 0.4) is 0 Å². The molecule has 3 heteroatoms. The van der Waals surface area contributed by atoms with Crippen molar-refractivity contribution in [3.05, 3.63) is 12.7 Å². The Bertz CT molecular complexity index is 308. The number of rotatable bonds is 1. The number of carbonyl (C=O) groups is 2. The molecule has 0 bridgehead atoms. The number of carbonyl (C=O) groups excluding carboxylic acids is 2. The first kappa shape index (κ1) is 10.4. The number of hydrogen-bond donors (Lipinski definition) is 0. The molecule has 1 saturated carbocycles. The van der Waals surface area contributed by atoms with Gasteiger partial charge in [-0.25, -0.2) is 0 Å². The van der Waals surface area contributed by atoms with Crippen LogP contribution in [0.15, 0.2) is 12.7 Å². The maximum Gasteiger partial charge on any atom is 0.313 e. The van der Waals surface area contributed by atoms with Gasteiger partial charge in [0, 0.05) is 12.8 Å². The van der Waals surface area contributed by atoms with Crippen LogP contribution in [-0.2, 0) is 14.3 Å². The fourth-order valence-corrected chi connectivity index (χ4v) is 2.81. The van der Waals surface area contributed by atoms with E-state index in [0.717, 1.165) is 19.3 Å². The van der Waals surface area contributed by atoms with Crippen LogP contribution in [0.4, 0.5) is 0 Å². The van der Waals surface area contributed by atoms with E-state index >= 15 is 0 Å². The molecule has 3 nitrogen and oxygen atoms in total. The first-order valence-corrected chi connectivity index (χ1v) is 5.50. The summed E-state index contributed by atoms with van der Waals surface area (Å²) < 4.78 is 5.11. The van der Waals surface area contributed by atoms with Crippen molar-refractivity contribution in [3.8, 4) is 0 Å². The SMILES string of the molecule is C=C[C@H]1CCOC(=O)[C@]12CCCC(=O)C2. The molecule has 82 valence electrons. The molecule has 2 aliphatic rings. The second-order valence-corrected chi connectivity index (χ2v) is 4.49. The van der Waals surface area contributed by atoms with E-state index in [0.29, 0.717) is 19.4 Å². The fraction of sp³-hybridized carbons (Fsp3) is 0.667. The van der Waals surface area contributed by atoms with Gasteiger partial charge in [0.1, 0.15) is 5.78 Å². The zero-order valence-electron chi connectivity index (χ0n) is 8.83. The van der Waals surface area contributed by atoms with Crippen LogP contribution in [0.1, 0.15) is 32.1 Å². The Morgan fingerprint density at radius 3 is 2.93 bits per heavy atom. The molecule has 0 N–H and O–H groups in total. The van der Waals surface area contributed by atoms with E-state index in [2.05, 4.69) is 6.58 Å². The summed E-state index contributed by atoms with van der Waals surface area (Å²) in [6.45, 7) is 4.24. The maximum absolute atomic E-state index is 11.9. The van der Waals surface area contributed by atoms with Crippen LogP contribution in [0.25, 0.3) is 0 Å². The Labute approximate surface area is 89.5 Å². The molecule has 0 amide bonds. The molecule has 15 heavy (non-hydrogen) atoms. The van der Waals surface area contributed by atoms with E-state index < -0.39 is 5.41 Å². The van der Waals surface area contributed by atoms with Gasteiger partial charge in [-0.3, -0.25) is 9.59 Å². The summed E-state index contributed by atoms with van der Waals surface area (Å²) in [6, 6.07) is 0. The molecule has 1 heterocycles. The zero-order valence-corrected chi connectivity index (χ0v) is 8.83. The molecule has 0 radical (unpaired) electrons. The molecule has 0 aromatic heterocycles. The third kappa shape index (κ3) is 1.60. The largest absolute Gasteiger partial charge is 0.465 e. The van der Waals surface area contributed by atoms with E-state index in [-0.39, 0.29) is 17.7 Å². The Morgan fingerprint density at radius 1 is 1.47 bits per heavy atom. The summed E-state index contributed by atoms with van der Waals surface area (Å²) in [6.07, 6.45) is 5.16. The van der Waals surface area contributed by atoms with Crippen molar-refractivity contribution in [3.63, 3.8) is 0 Å². The molecule has 1 saturated heterocycles. The lowest BCUT2D eigenvalue weighted by Crippen LogP contribution is -2.47. The molecule has 1 spiro atoms. The van der Waals surface area contributed by atoms with Crippen LogP contribution in [-0.4, -0.2) is 18.4 Å². The highest BCUT2D eigenvalue weighted by Crippen LogP contribution is 2.46. The quantitative estimate of drug-likeness (QED) is 0.488. The minimum Gasteiger partial charge on any atom is -0.465 e. The normalized spacial score (nSPS) is 36.4. The van der Waals surface area contributed by atoms with Gasteiger partial charge in [-0.1, -0.05) is 6.08 Å². The smallest absolute Gasteiger partial charge is 0.313 e. The summed E-state index contributed by atoms with van der Waals surface area (Å²) in [5.74, 6) is 0.113. The fourth-order valence-electron chi connectivity index (χ4n) is 2.81. The van der Waals surface area contributed by atoms with Crippen LogP contribution < -0.4 is 0 Å². The second kappa shape index (κ2) is 3.80.